The van der Waals surface area contributed by atoms with Crippen LogP contribution in [0.15, 0.2) is 29.6 Å². The van der Waals surface area contributed by atoms with Gasteiger partial charge in [-0.15, -0.1) is 11.3 Å². The van der Waals surface area contributed by atoms with Crippen LogP contribution >= 0.6 is 11.3 Å². The summed E-state index contributed by atoms with van der Waals surface area (Å²) in [6.07, 6.45) is 1.05. The molecule has 0 saturated carbocycles. The second-order valence-corrected chi connectivity index (χ2v) is 6.10. The van der Waals surface area contributed by atoms with Crippen LogP contribution in [0.4, 0.5) is 5.69 Å². The number of amides is 1. The Kier molecular flexibility index (Phi) is 5.91. The highest BCUT2D eigenvalue weighted by atomic mass is 32.1. The Balaban J connectivity index is 1.99. The number of nitrogens with zero attached hydrogens (tertiary/aromatic N) is 1. The largest absolute Gasteiger partial charge is 0.489 e. The molecule has 0 aliphatic heterocycles. The molecular formula is C16H21N3O2S. The molecule has 3 N–H and O–H groups in total. The van der Waals surface area contributed by atoms with Gasteiger partial charge in [0.1, 0.15) is 5.75 Å². The van der Waals surface area contributed by atoms with E-state index in [9.17, 15) is 4.79 Å². The highest BCUT2D eigenvalue weighted by Crippen LogP contribution is 2.25. The number of ether oxygens (including phenoxy) is 1. The van der Waals surface area contributed by atoms with Gasteiger partial charge in [0.2, 0.25) is 5.91 Å². The first-order valence-corrected chi connectivity index (χ1v) is 8.15. The van der Waals surface area contributed by atoms with Gasteiger partial charge in [0.05, 0.1) is 28.9 Å². The maximum atomic E-state index is 12.2. The van der Waals surface area contributed by atoms with Crippen molar-refractivity contribution in [3.05, 3.63) is 40.3 Å². The zero-order valence-electron chi connectivity index (χ0n) is 12.8. The molecule has 1 amide bonds. The van der Waals surface area contributed by atoms with Gasteiger partial charge in [-0.1, -0.05) is 12.1 Å². The minimum absolute atomic E-state index is 0.0513. The van der Waals surface area contributed by atoms with Gasteiger partial charge < -0.3 is 15.8 Å². The second kappa shape index (κ2) is 7.91. The zero-order chi connectivity index (χ0) is 15.9. The molecule has 1 aromatic carbocycles. The molecule has 0 aliphatic carbocycles. The van der Waals surface area contributed by atoms with E-state index in [1.54, 1.807) is 0 Å². The fraction of sp³-hybridized carbons (Fsp3) is 0.375. The molecule has 6 heteroatoms. The third kappa shape index (κ3) is 4.82. The number of rotatable bonds is 7. The van der Waals surface area contributed by atoms with Gasteiger partial charge in [-0.3, -0.25) is 4.79 Å². The molecule has 0 fully saturated rings. The first-order chi connectivity index (χ1) is 10.6. The van der Waals surface area contributed by atoms with Gasteiger partial charge in [-0.25, -0.2) is 4.98 Å². The lowest BCUT2D eigenvalue weighted by Gasteiger charge is -2.14. The molecule has 0 unspecified atom stereocenters. The van der Waals surface area contributed by atoms with Gasteiger partial charge in [-0.2, -0.15) is 0 Å². The Bertz CT molecular complexity index is 625. The summed E-state index contributed by atoms with van der Waals surface area (Å²) in [5, 5.41) is 5.75. The molecule has 0 saturated heterocycles. The van der Waals surface area contributed by atoms with Crippen molar-refractivity contribution in [2.75, 3.05) is 11.9 Å². The van der Waals surface area contributed by atoms with Gasteiger partial charge in [0.15, 0.2) is 0 Å². The Labute approximate surface area is 134 Å². The Hall–Kier alpha value is -1.92. The molecule has 2 rings (SSSR count). The Morgan fingerprint density at radius 3 is 2.91 bits per heavy atom. The summed E-state index contributed by atoms with van der Waals surface area (Å²) in [6, 6.07) is 7.42. The lowest BCUT2D eigenvalue weighted by atomic mass is 10.2. The predicted octanol–water partition coefficient (Wildman–Crippen LogP) is 2.61. The van der Waals surface area contributed by atoms with Crippen molar-refractivity contribution in [3.8, 4) is 5.75 Å². The predicted molar refractivity (Wildman–Crippen MR) is 89.4 cm³/mol. The maximum absolute atomic E-state index is 12.2. The van der Waals surface area contributed by atoms with Crippen LogP contribution < -0.4 is 15.8 Å². The number of para-hydroxylation sites is 2. The highest BCUT2D eigenvalue weighted by Gasteiger charge is 2.11. The number of carbonyl (C=O) groups excluding carboxylic acids is 1. The number of benzene rings is 1. The standard InChI is InChI=1S/C16H21N3O2S/c1-11(2)21-14-6-4-3-5-13(14)19-15(20)9-12-10-22-16(18-12)7-8-17/h3-6,10-11H,7-9,17H2,1-2H3,(H,19,20). The molecule has 2 aromatic rings. The van der Waals surface area contributed by atoms with Crippen molar-refractivity contribution < 1.29 is 9.53 Å². The average molecular weight is 319 g/mol. The van der Waals surface area contributed by atoms with Crippen molar-refractivity contribution in [1.82, 2.24) is 4.98 Å². The Morgan fingerprint density at radius 2 is 2.18 bits per heavy atom. The normalized spacial score (nSPS) is 10.7. The molecule has 0 aliphatic rings. The number of anilines is 1. The van der Waals surface area contributed by atoms with E-state index in [0.717, 1.165) is 17.1 Å². The quantitative estimate of drug-likeness (QED) is 0.822. The van der Waals surface area contributed by atoms with Gasteiger partial charge in [-0.05, 0) is 32.5 Å². The van der Waals surface area contributed by atoms with E-state index >= 15 is 0 Å². The number of hydrogen-bond donors (Lipinski definition) is 2. The Morgan fingerprint density at radius 1 is 1.41 bits per heavy atom. The number of thiazole rings is 1. The molecule has 0 spiro atoms. The summed E-state index contributed by atoms with van der Waals surface area (Å²) in [7, 11) is 0. The minimum atomic E-state index is -0.107. The molecule has 0 atom stereocenters. The van der Waals surface area contributed by atoms with Crippen molar-refractivity contribution in [3.63, 3.8) is 0 Å². The summed E-state index contributed by atoms with van der Waals surface area (Å²) < 4.78 is 5.69. The third-order valence-electron chi connectivity index (χ3n) is 2.82. The summed E-state index contributed by atoms with van der Waals surface area (Å²) in [4.78, 5) is 16.6. The number of aromatic nitrogens is 1. The molecule has 1 aromatic heterocycles. The summed E-state index contributed by atoms with van der Waals surface area (Å²) >= 11 is 1.54. The molecule has 0 radical (unpaired) electrons. The first kappa shape index (κ1) is 16.5. The van der Waals surface area contributed by atoms with Crippen molar-refractivity contribution in [1.29, 1.82) is 0 Å². The number of carbonyl (C=O) groups is 1. The van der Waals surface area contributed by atoms with Crippen molar-refractivity contribution in [2.24, 2.45) is 5.73 Å². The van der Waals surface area contributed by atoms with E-state index in [2.05, 4.69) is 10.3 Å². The molecule has 5 nitrogen and oxygen atoms in total. The fourth-order valence-corrected chi connectivity index (χ4v) is 2.77. The number of hydrogen-bond acceptors (Lipinski definition) is 5. The summed E-state index contributed by atoms with van der Waals surface area (Å²) in [5.74, 6) is 0.567. The van der Waals surface area contributed by atoms with Crippen LogP contribution in [0.1, 0.15) is 24.5 Å². The van der Waals surface area contributed by atoms with Crippen LogP contribution in [0.25, 0.3) is 0 Å². The SMILES string of the molecule is CC(C)Oc1ccccc1NC(=O)Cc1csc(CCN)n1. The lowest BCUT2D eigenvalue weighted by Crippen LogP contribution is -2.16. The zero-order valence-corrected chi connectivity index (χ0v) is 13.7. The molecular weight excluding hydrogens is 298 g/mol. The van der Waals surface area contributed by atoms with E-state index < -0.39 is 0 Å². The van der Waals surface area contributed by atoms with Crippen molar-refractivity contribution >= 4 is 22.9 Å². The van der Waals surface area contributed by atoms with E-state index in [1.165, 1.54) is 11.3 Å². The van der Waals surface area contributed by atoms with E-state index in [-0.39, 0.29) is 18.4 Å². The maximum Gasteiger partial charge on any atom is 0.230 e. The molecule has 0 bridgehead atoms. The minimum Gasteiger partial charge on any atom is -0.489 e. The van der Waals surface area contributed by atoms with E-state index in [0.29, 0.717) is 18.0 Å². The molecule has 1 heterocycles. The third-order valence-corrected chi connectivity index (χ3v) is 3.78. The van der Waals surface area contributed by atoms with Crippen LogP contribution in [0.5, 0.6) is 5.75 Å². The smallest absolute Gasteiger partial charge is 0.230 e. The summed E-state index contributed by atoms with van der Waals surface area (Å²) in [5.41, 5.74) is 6.95. The molecule has 118 valence electrons. The van der Waals surface area contributed by atoms with Crippen LogP contribution in [-0.2, 0) is 17.6 Å². The lowest BCUT2D eigenvalue weighted by molar-refractivity contribution is -0.115. The second-order valence-electron chi connectivity index (χ2n) is 5.16. The van der Waals surface area contributed by atoms with Crippen LogP contribution in [-0.4, -0.2) is 23.5 Å². The topological polar surface area (TPSA) is 77.2 Å². The van der Waals surface area contributed by atoms with E-state index in [4.69, 9.17) is 10.5 Å². The van der Waals surface area contributed by atoms with Crippen LogP contribution in [0.3, 0.4) is 0 Å². The average Bonchev–Trinajstić information content (AvgIpc) is 2.88. The van der Waals surface area contributed by atoms with Gasteiger partial charge in [0.25, 0.3) is 0 Å². The van der Waals surface area contributed by atoms with Crippen LogP contribution in [0.2, 0.25) is 0 Å². The van der Waals surface area contributed by atoms with Gasteiger partial charge in [0, 0.05) is 11.8 Å². The first-order valence-electron chi connectivity index (χ1n) is 7.27. The molecule has 22 heavy (non-hydrogen) atoms. The fourth-order valence-electron chi connectivity index (χ4n) is 1.95. The van der Waals surface area contributed by atoms with Crippen molar-refractivity contribution in [2.45, 2.75) is 32.8 Å². The van der Waals surface area contributed by atoms with Gasteiger partial charge >= 0.3 is 0 Å². The number of nitrogens with two attached hydrogens (primary N) is 1. The highest BCUT2D eigenvalue weighted by molar-refractivity contribution is 7.09. The number of nitrogens with one attached hydrogen (secondary N) is 1. The van der Waals surface area contributed by atoms with E-state index in [1.807, 2.05) is 43.5 Å². The monoisotopic (exact) mass is 319 g/mol. The van der Waals surface area contributed by atoms with Crippen LogP contribution in [0, 0.1) is 0 Å². The summed E-state index contributed by atoms with van der Waals surface area (Å²) in [6.45, 7) is 4.47.